The van der Waals surface area contributed by atoms with E-state index < -0.39 is 29.2 Å². The van der Waals surface area contributed by atoms with Crippen molar-refractivity contribution in [2.75, 3.05) is 11.4 Å². The highest BCUT2D eigenvalue weighted by atomic mass is 35.5. The molecule has 0 unspecified atom stereocenters. The van der Waals surface area contributed by atoms with E-state index in [2.05, 4.69) is 9.97 Å². The van der Waals surface area contributed by atoms with Crippen LogP contribution in [0, 0.1) is 5.82 Å². The number of fused-ring (bicyclic) bond motifs is 1. The van der Waals surface area contributed by atoms with Gasteiger partial charge < -0.3 is 25.8 Å². The lowest BCUT2D eigenvalue weighted by molar-refractivity contribution is -0.162. The molecule has 3 aromatic rings. The molecule has 8 nitrogen and oxygen atoms in total. The molecule has 0 spiro atoms. The summed E-state index contributed by atoms with van der Waals surface area (Å²) < 4.78 is 51.2. The number of carbonyl (C=O) groups excluding carboxylic acids is 1. The molecule has 4 N–H and O–H groups in total. The molecule has 3 heterocycles. The number of benzene rings is 1. The first kappa shape index (κ1) is 24.4. The number of nitrogens with one attached hydrogen (secondary N) is 2. The molecular weight excluding hydrogens is 472 g/mol. The Morgan fingerprint density at radius 2 is 2.00 bits per heavy atom. The topological polar surface area (TPSA) is 130 Å². The van der Waals surface area contributed by atoms with Crippen LogP contribution in [0.3, 0.4) is 0 Å². The van der Waals surface area contributed by atoms with Crippen molar-refractivity contribution in [2.45, 2.75) is 24.7 Å². The molecule has 1 aliphatic rings. The number of amides is 1. The number of hydrogen-bond donors (Lipinski definition) is 3. The summed E-state index contributed by atoms with van der Waals surface area (Å²) in [5, 5.41) is 18.9. The first-order chi connectivity index (χ1) is 15.4. The lowest BCUT2D eigenvalue weighted by atomic mass is 10.0. The first-order valence-corrected chi connectivity index (χ1v) is 9.66. The van der Waals surface area contributed by atoms with E-state index in [1.165, 1.54) is 12.1 Å². The van der Waals surface area contributed by atoms with Crippen LogP contribution in [0.4, 0.5) is 23.2 Å². The van der Waals surface area contributed by atoms with Gasteiger partial charge in [-0.15, -0.1) is 6.54 Å². The van der Waals surface area contributed by atoms with Crippen molar-refractivity contribution in [3.05, 3.63) is 64.4 Å². The number of anilines is 1. The fraction of sp³-hybridized carbons (Fsp3) is 0.250. The Bertz CT molecular complexity index is 1200. The number of H-pyrrole nitrogens is 1. The Morgan fingerprint density at radius 1 is 1.30 bits per heavy atom. The number of carboxylic acids is 1. The Hall–Kier alpha value is -3.22. The second-order valence-electron chi connectivity index (χ2n) is 7.12. The maximum atomic E-state index is 12.9. The predicted molar refractivity (Wildman–Crippen MR) is 110 cm³/mol. The molecule has 1 fully saturated rings. The summed E-state index contributed by atoms with van der Waals surface area (Å²) in [5.74, 6) is -3.18. The highest BCUT2D eigenvalue weighted by Crippen LogP contribution is 2.36. The molecule has 0 aliphatic carbocycles. The summed E-state index contributed by atoms with van der Waals surface area (Å²) >= 11 is 5.51. The maximum absolute atomic E-state index is 12.9. The molecule has 1 aliphatic heterocycles. The molecule has 33 heavy (non-hydrogen) atoms. The number of alkyl halides is 3. The van der Waals surface area contributed by atoms with Crippen molar-refractivity contribution in [1.82, 2.24) is 9.97 Å². The van der Waals surface area contributed by atoms with Crippen LogP contribution >= 0.6 is 11.6 Å². The number of hydrogen-bond acceptors (Lipinski definition) is 4. The SMILES string of the molecule is O=C(O)[C@@]1(O)CCN(c2cnc3[nH]cc(C(F)(F)F)c3c2)C1=O.[NH-]Cc1cc(F)cc(Cl)c1. The molecule has 1 saturated heterocycles. The van der Waals surface area contributed by atoms with E-state index in [-0.39, 0.29) is 42.0 Å². The van der Waals surface area contributed by atoms with Crippen LogP contribution in [0.25, 0.3) is 16.8 Å². The molecule has 1 atom stereocenters. The number of aromatic nitrogens is 2. The molecule has 13 heteroatoms. The van der Waals surface area contributed by atoms with Gasteiger partial charge in [0.2, 0.25) is 5.60 Å². The number of carbonyl (C=O) groups is 2. The number of halogens is 5. The molecule has 176 valence electrons. The summed E-state index contributed by atoms with van der Waals surface area (Å²) in [6, 6.07) is 5.20. The van der Waals surface area contributed by atoms with Gasteiger partial charge in [-0.05, 0) is 24.3 Å². The summed E-state index contributed by atoms with van der Waals surface area (Å²) in [7, 11) is 0. The minimum absolute atomic E-state index is 0.00947. The maximum Gasteiger partial charge on any atom is 0.418 e. The molecular formula is C20H16ClF4N4O4-. The number of rotatable bonds is 3. The van der Waals surface area contributed by atoms with Gasteiger partial charge in [0.25, 0.3) is 5.91 Å². The zero-order valence-corrected chi connectivity index (χ0v) is 17.3. The van der Waals surface area contributed by atoms with Crippen molar-refractivity contribution in [2.24, 2.45) is 0 Å². The van der Waals surface area contributed by atoms with Gasteiger partial charge in [0.1, 0.15) is 11.5 Å². The average molecular weight is 488 g/mol. The fourth-order valence-corrected chi connectivity index (χ4v) is 3.48. The fourth-order valence-electron chi connectivity index (χ4n) is 3.24. The van der Waals surface area contributed by atoms with E-state index in [4.69, 9.17) is 22.4 Å². The zero-order chi connectivity index (χ0) is 24.6. The van der Waals surface area contributed by atoms with Crippen LogP contribution in [0.1, 0.15) is 17.5 Å². The van der Waals surface area contributed by atoms with Gasteiger partial charge in [0.15, 0.2) is 0 Å². The third-order valence-corrected chi connectivity index (χ3v) is 5.13. The molecule has 0 radical (unpaired) electrons. The van der Waals surface area contributed by atoms with Crippen LogP contribution in [0.15, 0.2) is 36.7 Å². The second-order valence-corrected chi connectivity index (χ2v) is 7.55. The second kappa shape index (κ2) is 8.96. The van der Waals surface area contributed by atoms with E-state index in [0.29, 0.717) is 10.6 Å². The summed E-state index contributed by atoms with van der Waals surface area (Å²) in [5.41, 5.74) is 3.98. The molecule has 0 saturated carbocycles. The largest absolute Gasteiger partial charge is 0.674 e. The average Bonchev–Trinajstić information content (AvgIpc) is 3.29. The van der Waals surface area contributed by atoms with Crippen molar-refractivity contribution in [1.29, 1.82) is 0 Å². The van der Waals surface area contributed by atoms with E-state index in [1.54, 1.807) is 6.07 Å². The van der Waals surface area contributed by atoms with Gasteiger partial charge in [0.05, 0.1) is 17.4 Å². The molecule has 1 aromatic carbocycles. The van der Waals surface area contributed by atoms with Crippen molar-refractivity contribution >= 4 is 40.2 Å². The third-order valence-electron chi connectivity index (χ3n) is 4.91. The number of pyridine rings is 1. The molecule has 0 bridgehead atoms. The Labute approximate surface area is 188 Å². The van der Waals surface area contributed by atoms with Gasteiger partial charge in [-0.25, -0.2) is 14.2 Å². The quantitative estimate of drug-likeness (QED) is 0.377. The Morgan fingerprint density at radius 3 is 2.55 bits per heavy atom. The van der Waals surface area contributed by atoms with Crippen LogP contribution in [0.5, 0.6) is 0 Å². The van der Waals surface area contributed by atoms with Gasteiger partial charge in [0, 0.05) is 29.6 Å². The van der Waals surface area contributed by atoms with E-state index in [9.17, 15) is 32.3 Å². The van der Waals surface area contributed by atoms with Crippen LogP contribution in [-0.4, -0.2) is 44.2 Å². The zero-order valence-electron chi connectivity index (χ0n) is 16.6. The van der Waals surface area contributed by atoms with Gasteiger partial charge in [-0.1, -0.05) is 17.2 Å². The van der Waals surface area contributed by atoms with Gasteiger partial charge in [-0.3, -0.25) is 4.79 Å². The highest BCUT2D eigenvalue weighted by Gasteiger charge is 2.52. The van der Waals surface area contributed by atoms with E-state index in [1.807, 2.05) is 0 Å². The standard InChI is InChI=1S/C13H10F3N3O4.C7H6ClFN/c14-13(15,16)8-5-18-9-7(8)3-6(4-17-9)19-2-1-12(23,10(19)20)11(21)22;8-6-1-5(4-10)2-7(9)3-6/h3-5,23H,1-2H2,(H,17,18)(H,21,22);1-3,10H,4H2/q;-1/t12-;/m1./s1. The van der Waals surface area contributed by atoms with Crippen molar-refractivity contribution in [3.8, 4) is 0 Å². The van der Waals surface area contributed by atoms with E-state index in [0.717, 1.165) is 23.4 Å². The van der Waals surface area contributed by atoms with Crippen LogP contribution in [0.2, 0.25) is 5.02 Å². The number of aliphatic carboxylic acids is 1. The van der Waals surface area contributed by atoms with Gasteiger partial charge in [-0.2, -0.15) is 13.2 Å². The minimum atomic E-state index is -4.60. The lowest BCUT2D eigenvalue weighted by Gasteiger charge is -2.18. The normalized spacial score (nSPS) is 18.4. The Kier molecular flexibility index (Phi) is 6.63. The van der Waals surface area contributed by atoms with Crippen molar-refractivity contribution < 1.29 is 37.4 Å². The molecule has 4 rings (SSSR count). The van der Waals surface area contributed by atoms with Crippen LogP contribution < -0.4 is 4.90 Å². The van der Waals surface area contributed by atoms with Gasteiger partial charge >= 0.3 is 12.1 Å². The molecule has 1 amide bonds. The number of aromatic amines is 1. The first-order valence-electron chi connectivity index (χ1n) is 9.28. The predicted octanol–water partition coefficient (Wildman–Crippen LogP) is 4.17. The van der Waals surface area contributed by atoms with E-state index >= 15 is 0 Å². The summed E-state index contributed by atoms with van der Waals surface area (Å²) in [6.07, 6.45) is -3.06. The highest BCUT2D eigenvalue weighted by molar-refractivity contribution is 6.30. The van der Waals surface area contributed by atoms with Crippen LogP contribution in [-0.2, 0) is 22.3 Å². The van der Waals surface area contributed by atoms with Crippen molar-refractivity contribution in [3.63, 3.8) is 0 Å². The number of aliphatic hydroxyl groups is 1. The monoisotopic (exact) mass is 487 g/mol. The third kappa shape index (κ3) is 4.92. The molecule has 2 aromatic heterocycles. The summed E-state index contributed by atoms with van der Waals surface area (Å²) in [6.45, 7) is -0.0714. The minimum Gasteiger partial charge on any atom is -0.674 e. The Balaban J connectivity index is 0.000000257. The smallest absolute Gasteiger partial charge is 0.418 e. The lowest BCUT2D eigenvalue weighted by Crippen LogP contribution is -2.46. The summed E-state index contributed by atoms with van der Waals surface area (Å²) in [4.78, 5) is 30.2. The number of carboxylic acid groups (broad SMARTS) is 1. The number of nitrogens with zero attached hydrogens (tertiary/aromatic N) is 2.